The molecule has 0 radical (unpaired) electrons. The fourth-order valence-electron chi connectivity index (χ4n) is 1.75. The fourth-order valence-corrected chi connectivity index (χ4v) is 3.06. The maximum Gasteiger partial charge on any atom is 0.239 e. The molecule has 6 heteroatoms. The largest absolute Gasteiger partial charge is 0.434 e. The minimum absolute atomic E-state index is 0.440. The number of aryl methyl sites for hydroxylation is 1. The van der Waals surface area contributed by atoms with Gasteiger partial charge < -0.3 is 10.2 Å². The van der Waals surface area contributed by atoms with Gasteiger partial charge in [0.2, 0.25) is 5.89 Å². The number of para-hydroxylation sites is 1. The Morgan fingerprint density at radius 2 is 2.22 bits per heavy atom. The molecular formula is C12H10BrN3OS. The molecule has 1 aromatic carbocycles. The average Bonchev–Trinajstić information content (AvgIpc) is 2.93. The summed E-state index contributed by atoms with van der Waals surface area (Å²) in [4.78, 5) is 9.81. The van der Waals surface area contributed by atoms with E-state index in [0.29, 0.717) is 12.4 Å². The van der Waals surface area contributed by atoms with Crippen LogP contribution in [0.1, 0.15) is 10.7 Å². The van der Waals surface area contributed by atoms with Crippen LogP contribution in [0.4, 0.5) is 0 Å². The summed E-state index contributed by atoms with van der Waals surface area (Å²) in [6.45, 7) is 2.38. The highest BCUT2D eigenvalue weighted by Gasteiger charge is 2.16. The van der Waals surface area contributed by atoms with Crippen molar-refractivity contribution in [2.75, 3.05) is 0 Å². The van der Waals surface area contributed by atoms with Crippen LogP contribution >= 0.6 is 27.3 Å². The first kappa shape index (κ1) is 11.8. The second kappa shape index (κ2) is 4.46. The van der Waals surface area contributed by atoms with Gasteiger partial charge in [0.15, 0.2) is 5.58 Å². The van der Waals surface area contributed by atoms with Gasteiger partial charge in [-0.2, -0.15) is 0 Å². The number of thiazole rings is 1. The van der Waals surface area contributed by atoms with E-state index in [-0.39, 0.29) is 0 Å². The molecule has 0 bridgehead atoms. The molecule has 3 aromatic rings. The van der Waals surface area contributed by atoms with Gasteiger partial charge in [0.1, 0.15) is 15.4 Å². The number of oxazole rings is 1. The molecule has 0 unspecified atom stereocenters. The van der Waals surface area contributed by atoms with Crippen molar-refractivity contribution in [1.29, 1.82) is 0 Å². The summed E-state index contributed by atoms with van der Waals surface area (Å²) in [7, 11) is 0. The lowest BCUT2D eigenvalue weighted by molar-refractivity contribution is 0.619. The number of fused-ring (bicyclic) bond motifs is 1. The Morgan fingerprint density at radius 1 is 1.39 bits per heavy atom. The second-order valence-corrected chi connectivity index (χ2v) is 5.77. The average molecular weight is 324 g/mol. The van der Waals surface area contributed by atoms with E-state index in [1.54, 1.807) is 0 Å². The maximum absolute atomic E-state index is 5.80. The zero-order valence-corrected chi connectivity index (χ0v) is 12.0. The Bertz CT molecular complexity index is 719. The summed E-state index contributed by atoms with van der Waals surface area (Å²) < 4.78 is 6.70. The molecular weight excluding hydrogens is 314 g/mol. The molecule has 3 rings (SSSR count). The lowest BCUT2D eigenvalue weighted by Crippen LogP contribution is -1.94. The zero-order chi connectivity index (χ0) is 12.7. The normalized spacial score (nSPS) is 11.3. The molecule has 4 nitrogen and oxygen atoms in total. The van der Waals surface area contributed by atoms with Crippen LogP contribution < -0.4 is 5.73 Å². The van der Waals surface area contributed by atoms with Crippen molar-refractivity contribution in [1.82, 2.24) is 9.97 Å². The highest BCUT2D eigenvalue weighted by atomic mass is 79.9. The van der Waals surface area contributed by atoms with Gasteiger partial charge in [-0.3, -0.25) is 0 Å². The van der Waals surface area contributed by atoms with Crippen molar-refractivity contribution in [3.63, 3.8) is 0 Å². The Kier molecular flexibility index (Phi) is 2.93. The molecule has 0 aliphatic heterocycles. The van der Waals surface area contributed by atoms with E-state index in [1.807, 2.05) is 25.1 Å². The minimum atomic E-state index is 0.440. The fraction of sp³-hybridized carbons (Fsp3) is 0.167. The number of hydrogen-bond donors (Lipinski definition) is 1. The Morgan fingerprint density at radius 3 is 2.89 bits per heavy atom. The topological polar surface area (TPSA) is 64.9 Å². The first-order chi connectivity index (χ1) is 8.69. The van der Waals surface area contributed by atoms with Crippen LogP contribution in [-0.2, 0) is 6.54 Å². The number of benzene rings is 1. The highest BCUT2D eigenvalue weighted by molar-refractivity contribution is 9.10. The van der Waals surface area contributed by atoms with Crippen molar-refractivity contribution in [3.05, 3.63) is 33.4 Å². The molecule has 0 aliphatic carbocycles. The van der Waals surface area contributed by atoms with Gasteiger partial charge in [0.05, 0.1) is 10.2 Å². The van der Waals surface area contributed by atoms with Gasteiger partial charge in [0.25, 0.3) is 0 Å². The van der Waals surface area contributed by atoms with Crippen LogP contribution in [0.5, 0.6) is 0 Å². The number of aromatic nitrogens is 2. The molecule has 2 heterocycles. The first-order valence-electron chi connectivity index (χ1n) is 5.41. The molecule has 0 spiro atoms. The summed E-state index contributed by atoms with van der Waals surface area (Å²) >= 11 is 4.98. The van der Waals surface area contributed by atoms with E-state index in [1.165, 1.54) is 11.3 Å². The third-order valence-corrected chi connectivity index (χ3v) is 4.37. The molecule has 0 amide bonds. The summed E-state index contributed by atoms with van der Waals surface area (Å²) in [5.74, 6) is 0.603. The van der Waals surface area contributed by atoms with Crippen LogP contribution in [0, 0.1) is 6.92 Å². The van der Waals surface area contributed by atoms with Crippen LogP contribution in [0.3, 0.4) is 0 Å². The molecule has 2 aromatic heterocycles. The number of halogens is 1. The SMILES string of the molecule is Cc1nc(CN)sc1-c1nc2cccc(Br)c2o1. The number of rotatable bonds is 2. The van der Waals surface area contributed by atoms with E-state index in [0.717, 1.165) is 31.2 Å². The molecule has 2 N–H and O–H groups in total. The molecule has 0 aliphatic rings. The van der Waals surface area contributed by atoms with Crippen LogP contribution in [0.25, 0.3) is 21.9 Å². The van der Waals surface area contributed by atoms with Crippen molar-refractivity contribution in [3.8, 4) is 10.8 Å². The van der Waals surface area contributed by atoms with E-state index in [4.69, 9.17) is 10.2 Å². The van der Waals surface area contributed by atoms with Gasteiger partial charge in [-0.25, -0.2) is 9.97 Å². The van der Waals surface area contributed by atoms with Crippen molar-refractivity contribution in [2.45, 2.75) is 13.5 Å². The Balaban J connectivity index is 2.19. The zero-order valence-electron chi connectivity index (χ0n) is 9.61. The molecule has 0 fully saturated rings. The van der Waals surface area contributed by atoms with E-state index < -0.39 is 0 Å². The highest BCUT2D eigenvalue weighted by Crippen LogP contribution is 2.33. The first-order valence-corrected chi connectivity index (χ1v) is 7.02. The number of nitrogens with zero attached hydrogens (tertiary/aromatic N) is 2. The van der Waals surface area contributed by atoms with E-state index in [9.17, 15) is 0 Å². The van der Waals surface area contributed by atoms with Gasteiger partial charge in [0, 0.05) is 6.54 Å². The van der Waals surface area contributed by atoms with Crippen LogP contribution in [0.2, 0.25) is 0 Å². The predicted molar refractivity (Wildman–Crippen MR) is 75.4 cm³/mol. The van der Waals surface area contributed by atoms with Crippen LogP contribution in [0.15, 0.2) is 27.1 Å². The van der Waals surface area contributed by atoms with Crippen molar-refractivity contribution in [2.24, 2.45) is 5.73 Å². The summed E-state index contributed by atoms with van der Waals surface area (Å²) in [6, 6.07) is 5.79. The van der Waals surface area contributed by atoms with Crippen LogP contribution in [-0.4, -0.2) is 9.97 Å². The minimum Gasteiger partial charge on any atom is -0.434 e. The van der Waals surface area contributed by atoms with Crippen molar-refractivity contribution < 1.29 is 4.42 Å². The van der Waals surface area contributed by atoms with Gasteiger partial charge in [-0.15, -0.1) is 11.3 Å². The molecule has 0 saturated carbocycles. The maximum atomic E-state index is 5.80. The Hall–Kier alpha value is -1.24. The molecule has 0 saturated heterocycles. The summed E-state index contributed by atoms with van der Waals surface area (Å²) in [6.07, 6.45) is 0. The lowest BCUT2D eigenvalue weighted by Gasteiger charge is -1.89. The van der Waals surface area contributed by atoms with Gasteiger partial charge >= 0.3 is 0 Å². The predicted octanol–water partition coefficient (Wildman–Crippen LogP) is 3.48. The molecule has 92 valence electrons. The standard InChI is InChI=1S/C12H10BrN3OS/c1-6-11(18-9(5-14)15-6)12-16-8-4-2-3-7(13)10(8)17-12/h2-4H,5,14H2,1H3. The Labute approximate surface area is 116 Å². The number of nitrogens with two attached hydrogens (primary N) is 1. The molecule has 18 heavy (non-hydrogen) atoms. The quantitative estimate of drug-likeness (QED) is 0.784. The summed E-state index contributed by atoms with van der Waals surface area (Å²) in [5, 5.41) is 0.892. The smallest absolute Gasteiger partial charge is 0.239 e. The second-order valence-electron chi connectivity index (χ2n) is 3.83. The monoisotopic (exact) mass is 323 g/mol. The third-order valence-electron chi connectivity index (χ3n) is 2.58. The van der Waals surface area contributed by atoms with Gasteiger partial charge in [-0.1, -0.05) is 6.07 Å². The molecule has 0 atom stereocenters. The summed E-state index contributed by atoms with van der Waals surface area (Å²) in [5.41, 5.74) is 8.10. The van der Waals surface area contributed by atoms with Crippen molar-refractivity contribution >= 4 is 38.4 Å². The lowest BCUT2D eigenvalue weighted by atomic mass is 10.3. The van der Waals surface area contributed by atoms with Gasteiger partial charge in [-0.05, 0) is 35.0 Å². The third kappa shape index (κ3) is 1.86. The van der Waals surface area contributed by atoms with E-state index in [2.05, 4.69) is 25.9 Å². The number of hydrogen-bond acceptors (Lipinski definition) is 5. The van der Waals surface area contributed by atoms with E-state index >= 15 is 0 Å².